The summed E-state index contributed by atoms with van der Waals surface area (Å²) in [5.41, 5.74) is 1.17. The van der Waals surface area contributed by atoms with Crippen molar-refractivity contribution < 1.29 is 0 Å². The van der Waals surface area contributed by atoms with Gasteiger partial charge in [0, 0.05) is 6.20 Å². The van der Waals surface area contributed by atoms with Crippen LogP contribution < -0.4 is 10.6 Å². The first-order valence-electron chi connectivity index (χ1n) is 10.3. The van der Waals surface area contributed by atoms with Crippen LogP contribution in [0.1, 0.15) is 44.1 Å². The Labute approximate surface area is 171 Å². The van der Waals surface area contributed by atoms with E-state index in [1.54, 1.807) is 0 Å². The van der Waals surface area contributed by atoms with Crippen LogP contribution in [0.25, 0.3) is 0 Å². The number of rotatable bonds is 10. The van der Waals surface area contributed by atoms with Gasteiger partial charge in [-0.25, -0.2) is 0 Å². The molecule has 0 spiro atoms. The maximum absolute atomic E-state index is 4.79. The summed E-state index contributed by atoms with van der Waals surface area (Å²) in [6.07, 6.45) is 7.05. The van der Waals surface area contributed by atoms with Crippen molar-refractivity contribution in [3.63, 3.8) is 0 Å². The summed E-state index contributed by atoms with van der Waals surface area (Å²) >= 11 is 0. The lowest BCUT2D eigenvalue weighted by Crippen LogP contribution is -2.31. The van der Waals surface area contributed by atoms with Crippen LogP contribution in [0.3, 0.4) is 0 Å². The van der Waals surface area contributed by atoms with E-state index in [0.29, 0.717) is 0 Å². The van der Waals surface area contributed by atoms with Crippen LogP contribution in [0.15, 0.2) is 85.1 Å². The Hall–Kier alpha value is -2.02. The highest BCUT2D eigenvalue weighted by molar-refractivity contribution is 7.73. The zero-order chi connectivity index (χ0) is 19.6. The van der Waals surface area contributed by atoms with Crippen molar-refractivity contribution in [1.82, 2.24) is 9.88 Å². The van der Waals surface area contributed by atoms with E-state index in [9.17, 15) is 0 Å². The molecular weight excluding hydrogens is 359 g/mol. The molecule has 2 aromatic carbocycles. The van der Waals surface area contributed by atoms with E-state index in [1.807, 2.05) is 12.3 Å². The SMILES string of the molecule is CCCCCCN(C)C(c1ccccn1)P(c1ccccc1)c1ccccc1. The van der Waals surface area contributed by atoms with Crippen molar-refractivity contribution in [3.05, 3.63) is 90.8 Å². The molecule has 0 amide bonds. The first-order valence-corrected chi connectivity index (χ1v) is 11.7. The van der Waals surface area contributed by atoms with Gasteiger partial charge in [0.05, 0.1) is 11.5 Å². The molecule has 0 radical (unpaired) electrons. The summed E-state index contributed by atoms with van der Waals surface area (Å²) in [4.78, 5) is 7.32. The molecule has 28 heavy (non-hydrogen) atoms. The second-order valence-corrected chi connectivity index (χ2v) is 9.47. The molecule has 0 saturated carbocycles. The number of aromatic nitrogens is 1. The highest BCUT2D eigenvalue weighted by Gasteiger charge is 2.30. The van der Waals surface area contributed by atoms with Gasteiger partial charge < -0.3 is 0 Å². The number of pyridine rings is 1. The summed E-state index contributed by atoms with van der Waals surface area (Å²) < 4.78 is 0. The minimum atomic E-state index is -0.591. The number of hydrogen-bond acceptors (Lipinski definition) is 2. The van der Waals surface area contributed by atoms with Gasteiger partial charge in [0.15, 0.2) is 0 Å². The Morgan fingerprint density at radius 1 is 0.786 bits per heavy atom. The second kappa shape index (κ2) is 11.1. The molecular formula is C25H31N2P. The average Bonchev–Trinajstić information content (AvgIpc) is 2.76. The molecule has 0 bridgehead atoms. The minimum Gasteiger partial charge on any atom is -0.294 e. The number of benzene rings is 2. The molecule has 1 atom stereocenters. The number of nitrogens with zero attached hydrogens (tertiary/aromatic N) is 2. The van der Waals surface area contributed by atoms with Gasteiger partial charge in [-0.3, -0.25) is 9.88 Å². The van der Waals surface area contributed by atoms with E-state index in [4.69, 9.17) is 4.98 Å². The van der Waals surface area contributed by atoms with Crippen LogP contribution in [0.5, 0.6) is 0 Å². The third-order valence-corrected chi connectivity index (χ3v) is 7.90. The van der Waals surface area contributed by atoms with E-state index >= 15 is 0 Å². The van der Waals surface area contributed by atoms with E-state index < -0.39 is 7.92 Å². The standard InChI is InChI=1S/C25H31N2P/c1-3-4-5-14-21-27(2)25(24-19-12-13-20-26-24)28(22-15-8-6-9-16-22)23-17-10-7-11-18-23/h6-13,15-20,25H,3-5,14,21H2,1-2H3. The fraction of sp³-hybridized carbons (Fsp3) is 0.320. The molecule has 146 valence electrons. The van der Waals surface area contributed by atoms with Crippen LogP contribution in [-0.4, -0.2) is 23.5 Å². The van der Waals surface area contributed by atoms with Crippen LogP contribution in [0, 0.1) is 0 Å². The fourth-order valence-corrected chi connectivity index (χ4v) is 6.38. The van der Waals surface area contributed by atoms with Gasteiger partial charge in [-0.05, 0) is 50.7 Å². The van der Waals surface area contributed by atoms with Gasteiger partial charge in [-0.1, -0.05) is 92.9 Å². The first kappa shape index (κ1) is 20.7. The second-order valence-electron chi connectivity index (χ2n) is 7.21. The molecule has 1 heterocycles. The molecule has 0 aliphatic heterocycles. The van der Waals surface area contributed by atoms with Crippen molar-refractivity contribution in [2.45, 2.75) is 38.4 Å². The van der Waals surface area contributed by atoms with Crippen molar-refractivity contribution in [1.29, 1.82) is 0 Å². The topological polar surface area (TPSA) is 16.1 Å². The van der Waals surface area contributed by atoms with Crippen molar-refractivity contribution in [2.24, 2.45) is 0 Å². The van der Waals surface area contributed by atoms with Gasteiger partial charge in [0.2, 0.25) is 0 Å². The van der Waals surface area contributed by atoms with Crippen LogP contribution in [0.2, 0.25) is 0 Å². The monoisotopic (exact) mass is 390 g/mol. The van der Waals surface area contributed by atoms with Crippen molar-refractivity contribution >= 4 is 18.5 Å². The summed E-state index contributed by atoms with van der Waals surface area (Å²) in [5.74, 6) is 0.266. The average molecular weight is 391 g/mol. The van der Waals surface area contributed by atoms with Gasteiger partial charge in [0.1, 0.15) is 0 Å². The molecule has 0 saturated heterocycles. The highest BCUT2D eigenvalue weighted by atomic mass is 31.1. The Balaban J connectivity index is 1.99. The first-order chi connectivity index (χ1) is 13.8. The lowest BCUT2D eigenvalue weighted by molar-refractivity contribution is 0.302. The van der Waals surface area contributed by atoms with Gasteiger partial charge in [0.25, 0.3) is 0 Å². The molecule has 3 heteroatoms. The lowest BCUT2D eigenvalue weighted by Gasteiger charge is -2.35. The van der Waals surface area contributed by atoms with Crippen LogP contribution in [-0.2, 0) is 0 Å². The molecule has 1 aromatic heterocycles. The zero-order valence-electron chi connectivity index (χ0n) is 17.0. The Kier molecular flexibility index (Phi) is 8.21. The largest absolute Gasteiger partial charge is 0.294 e. The van der Waals surface area contributed by atoms with Gasteiger partial charge in [-0.2, -0.15) is 0 Å². The minimum absolute atomic E-state index is 0.266. The quantitative estimate of drug-likeness (QED) is 0.325. The third kappa shape index (κ3) is 5.50. The molecule has 3 rings (SSSR count). The Morgan fingerprint density at radius 3 is 1.93 bits per heavy atom. The van der Waals surface area contributed by atoms with Gasteiger partial charge in [-0.15, -0.1) is 0 Å². The number of unbranched alkanes of at least 4 members (excludes halogenated alkanes) is 3. The molecule has 2 nitrogen and oxygen atoms in total. The predicted molar refractivity (Wildman–Crippen MR) is 123 cm³/mol. The summed E-state index contributed by atoms with van der Waals surface area (Å²) in [5, 5.41) is 2.81. The highest BCUT2D eigenvalue weighted by Crippen LogP contribution is 2.50. The van der Waals surface area contributed by atoms with E-state index in [1.165, 1.54) is 42.0 Å². The molecule has 0 aliphatic rings. The van der Waals surface area contributed by atoms with Crippen LogP contribution in [0.4, 0.5) is 0 Å². The molecule has 0 fully saturated rings. The van der Waals surface area contributed by atoms with Crippen molar-refractivity contribution in [2.75, 3.05) is 13.6 Å². The van der Waals surface area contributed by atoms with Gasteiger partial charge >= 0.3 is 0 Å². The normalized spacial score (nSPS) is 12.4. The maximum Gasteiger partial charge on any atom is 0.0802 e. The lowest BCUT2D eigenvalue weighted by atomic mass is 10.2. The maximum atomic E-state index is 4.79. The third-order valence-electron chi connectivity index (χ3n) is 5.05. The van der Waals surface area contributed by atoms with E-state index in [-0.39, 0.29) is 5.78 Å². The van der Waals surface area contributed by atoms with Crippen LogP contribution >= 0.6 is 7.92 Å². The van der Waals surface area contributed by atoms with Crippen molar-refractivity contribution in [3.8, 4) is 0 Å². The summed E-state index contributed by atoms with van der Waals surface area (Å²) in [7, 11) is 1.68. The molecule has 3 aromatic rings. The van der Waals surface area contributed by atoms with E-state index in [0.717, 1.165) is 6.54 Å². The Bertz CT molecular complexity index is 753. The Morgan fingerprint density at radius 2 is 1.39 bits per heavy atom. The summed E-state index contributed by atoms with van der Waals surface area (Å²) in [6.45, 7) is 3.37. The van der Waals surface area contributed by atoms with E-state index in [2.05, 4.69) is 91.7 Å². The zero-order valence-corrected chi connectivity index (χ0v) is 17.9. The molecule has 1 unspecified atom stereocenters. The summed E-state index contributed by atoms with van der Waals surface area (Å²) in [6, 6.07) is 28.3. The molecule has 0 N–H and O–H groups in total. The predicted octanol–water partition coefficient (Wildman–Crippen LogP) is 5.73. The fourth-order valence-electron chi connectivity index (χ4n) is 3.60. The smallest absolute Gasteiger partial charge is 0.0802 e. The molecule has 0 aliphatic carbocycles. The number of hydrogen-bond donors (Lipinski definition) is 0.